The fraction of sp³-hybridized carbons (Fsp3) is 0.471. The minimum absolute atomic E-state index is 0.125. The van der Waals surface area contributed by atoms with Crippen LogP contribution >= 0.6 is 11.6 Å². The molecule has 24 heavy (non-hydrogen) atoms. The molecule has 0 heterocycles. The Labute approximate surface area is 146 Å². The molecule has 2 rings (SSSR count). The standard InChI is InChI=1S/C17H21ClN4O2/c1-17(11-19,12-7-8-12)21-16(24)10-22(2)9-15(23)20-14-6-4-3-5-13(14)18/h3-6,12H,7-10H2,1-2H3,(H,20,23)(H,21,24)/p+1/t17-/m0/s1. The fourth-order valence-electron chi connectivity index (χ4n) is 2.58. The minimum Gasteiger partial charge on any atom is -0.333 e. The summed E-state index contributed by atoms with van der Waals surface area (Å²) in [5, 5.41) is 15.3. The second-order valence-corrected chi connectivity index (χ2v) is 6.88. The molecule has 0 aromatic heterocycles. The predicted octanol–water partition coefficient (Wildman–Crippen LogP) is 0.602. The highest BCUT2D eigenvalue weighted by molar-refractivity contribution is 6.33. The van der Waals surface area contributed by atoms with Gasteiger partial charge in [-0.3, -0.25) is 9.59 Å². The van der Waals surface area contributed by atoms with E-state index in [9.17, 15) is 14.9 Å². The lowest BCUT2D eigenvalue weighted by molar-refractivity contribution is -0.862. The fourth-order valence-corrected chi connectivity index (χ4v) is 2.77. The number of nitriles is 1. The summed E-state index contributed by atoms with van der Waals surface area (Å²) in [4.78, 5) is 24.9. The summed E-state index contributed by atoms with van der Waals surface area (Å²) in [5.41, 5.74) is -0.260. The lowest BCUT2D eigenvalue weighted by atomic mass is 9.98. The van der Waals surface area contributed by atoms with Crippen LogP contribution < -0.4 is 15.5 Å². The lowest BCUT2D eigenvalue weighted by Crippen LogP contribution is -3.11. The zero-order valence-electron chi connectivity index (χ0n) is 13.9. The van der Waals surface area contributed by atoms with Crippen LogP contribution in [0.5, 0.6) is 0 Å². The highest BCUT2D eigenvalue weighted by atomic mass is 35.5. The quantitative estimate of drug-likeness (QED) is 0.674. The summed E-state index contributed by atoms with van der Waals surface area (Å²) in [7, 11) is 1.76. The molecular formula is C17H22ClN4O2+. The minimum atomic E-state index is -0.808. The van der Waals surface area contributed by atoms with E-state index in [1.807, 2.05) is 0 Å². The smallest absolute Gasteiger partial charge is 0.279 e. The predicted molar refractivity (Wildman–Crippen MR) is 91.6 cm³/mol. The average Bonchev–Trinajstić information content (AvgIpc) is 3.34. The molecule has 1 unspecified atom stereocenters. The molecule has 3 N–H and O–H groups in total. The van der Waals surface area contributed by atoms with Crippen LogP contribution in [0.2, 0.25) is 5.02 Å². The van der Waals surface area contributed by atoms with Crippen molar-refractivity contribution in [2.75, 3.05) is 25.5 Å². The Morgan fingerprint density at radius 2 is 1.96 bits per heavy atom. The number of carbonyl (C=O) groups is 2. The van der Waals surface area contributed by atoms with Crippen LogP contribution in [0, 0.1) is 17.2 Å². The first kappa shape index (κ1) is 18.2. The summed E-state index contributed by atoms with van der Waals surface area (Å²) in [6.07, 6.45) is 1.93. The van der Waals surface area contributed by atoms with E-state index in [1.165, 1.54) is 0 Å². The van der Waals surface area contributed by atoms with E-state index in [-0.39, 0.29) is 30.8 Å². The molecule has 0 radical (unpaired) electrons. The van der Waals surface area contributed by atoms with Crippen molar-refractivity contribution in [3.63, 3.8) is 0 Å². The van der Waals surface area contributed by atoms with Gasteiger partial charge >= 0.3 is 0 Å². The van der Waals surface area contributed by atoms with Crippen molar-refractivity contribution >= 4 is 29.1 Å². The number of anilines is 1. The van der Waals surface area contributed by atoms with Gasteiger partial charge in [0.25, 0.3) is 11.8 Å². The molecule has 0 aliphatic heterocycles. The van der Waals surface area contributed by atoms with Gasteiger partial charge in [-0.05, 0) is 37.8 Å². The Morgan fingerprint density at radius 1 is 1.33 bits per heavy atom. The van der Waals surface area contributed by atoms with Crippen LogP contribution in [0.3, 0.4) is 0 Å². The van der Waals surface area contributed by atoms with E-state index in [0.717, 1.165) is 17.7 Å². The molecule has 6 nitrogen and oxygen atoms in total. The molecule has 1 aromatic rings. The molecule has 2 amide bonds. The van der Waals surface area contributed by atoms with Crippen LogP contribution in [0.4, 0.5) is 5.69 Å². The van der Waals surface area contributed by atoms with E-state index in [1.54, 1.807) is 38.2 Å². The second-order valence-electron chi connectivity index (χ2n) is 6.48. The maximum atomic E-state index is 12.1. The topological polar surface area (TPSA) is 86.4 Å². The number of quaternary nitrogens is 1. The molecule has 1 aromatic carbocycles. The summed E-state index contributed by atoms with van der Waals surface area (Å²) in [6, 6.07) is 9.17. The highest BCUT2D eigenvalue weighted by Gasteiger charge is 2.43. The zero-order chi connectivity index (χ0) is 17.7. The molecule has 0 bridgehead atoms. The second kappa shape index (κ2) is 7.65. The number of hydrogen-bond acceptors (Lipinski definition) is 3. The Morgan fingerprint density at radius 3 is 2.54 bits per heavy atom. The van der Waals surface area contributed by atoms with Gasteiger partial charge in [-0.15, -0.1) is 0 Å². The molecule has 1 aliphatic carbocycles. The molecule has 1 aliphatic rings. The third-order valence-electron chi connectivity index (χ3n) is 4.10. The summed E-state index contributed by atoms with van der Waals surface area (Å²) < 4.78 is 0. The van der Waals surface area contributed by atoms with Crippen LogP contribution in [0.1, 0.15) is 19.8 Å². The first-order valence-corrected chi connectivity index (χ1v) is 8.30. The number of amides is 2. The molecule has 7 heteroatoms. The van der Waals surface area contributed by atoms with Crippen LogP contribution in [-0.2, 0) is 9.59 Å². The monoisotopic (exact) mass is 349 g/mol. The van der Waals surface area contributed by atoms with Crippen molar-refractivity contribution in [2.24, 2.45) is 5.92 Å². The summed E-state index contributed by atoms with van der Waals surface area (Å²) in [5.74, 6) is -0.220. The third kappa shape index (κ3) is 4.95. The van der Waals surface area contributed by atoms with Crippen molar-refractivity contribution in [1.82, 2.24) is 5.32 Å². The number of benzene rings is 1. The number of likely N-dealkylation sites (N-methyl/N-ethyl adjacent to an activating group) is 1. The van der Waals surface area contributed by atoms with Gasteiger partial charge in [-0.25, -0.2) is 0 Å². The molecule has 0 saturated heterocycles. The SMILES string of the molecule is C[NH+](CC(=O)Nc1ccccc1Cl)CC(=O)N[C@@](C)(C#N)C1CC1. The number of hydrogen-bond donors (Lipinski definition) is 3. The number of para-hydroxylation sites is 1. The Kier molecular flexibility index (Phi) is 5.81. The van der Waals surface area contributed by atoms with Gasteiger partial charge in [0.2, 0.25) is 0 Å². The lowest BCUT2D eigenvalue weighted by Gasteiger charge is -2.23. The first-order chi connectivity index (χ1) is 11.3. The Balaban J connectivity index is 1.81. The van der Waals surface area contributed by atoms with E-state index in [4.69, 9.17) is 11.6 Å². The first-order valence-electron chi connectivity index (χ1n) is 7.92. The number of nitrogens with zero attached hydrogens (tertiary/aromatic N) is 1. The van der Waals surface area contributed by atoms with Gasteiger partial charge in [0.1, 0.15) is 5.54 Å². The molecule has 1 saturated carbocycles. The van der Waals surface area contributed by atoms with Crippen molar-refractivity contribution < 1.29 is 14.5 Å². The largest absolute Gasteiger partial charge is 0.333 e. The molecular weight excluding hydrogens is 328 g/mol. The van der Waals surface area contributed by atoms with Gasteiger partial charge in [0.05, 0.1) is 23.8 Å². The number of nitrogens with one attached hydrogen (secondary N) is 3. The number of carbonyl (C=O) groups excluding carboxylic acids is 2. The van der Waals surface area contributed by atoms with Crippen LogP contribution in [-0.4, -0.2) is 37.5 Å². The van der Waals surface area contributed by atoms with Gasteiger partial charge in [0, 0.05) is 0 Å². The van der Waals surface area contributed by atoms with E-state index in [2.05, 4.69) is 16.7 Å². The van der Waals surface area contributed by atoms with E-state index < -0.39 is 5.54 Å². The maximum Gasteiger partial charge on any atom is 0.279 e. The van der Waals surface area contributed by atoms with E-state index in [0.29, 0.717) is 10.7 Å². The van der Waals surface area contributed by atoms with Gasteiger partial charge in [-0.2, -0.15) is 5.26 Å². The maximum absolute atomic E-state index is 12.1. The Bertz CT molecular complexity index is 669. The van der Waals surface area contributed by atoms with Gasteiger partial charge in [-0.1, -0.05) is 23.7 Å². The van der Waals surface area contributed by atoms with Crippen molar-refractivity contribution in [2.45, 2.75) is 25.3 Å². The van der Waals surface area contributed by atoms with Crippen molar-refractivity contribution in [3.05, 3.63) is 29.3 Å². The number of rotatable bonds is 7. The van der Waals surface area contributed by atoms with Crippen LogP contribution in [0.25, 0.3) is 0 Å². The van der Waals surface area contributed by atoms with Crippen molar-refractivity contribution in [3.8, 4) is 6.07 Å². The van der Waals surface area contributed by atoms with Crippen molar-refractivity contribution in [1.29, 1.82) is 5.26 Å². The van der Waals surface area contributed by atoms with Gasteiger partial charge in [0.15, 0.2) is 13.1 Å². The summed E-state index contributed by atoms with van der Waals surface area (Å²) in [6.45, 7) is 2.01. The van der Waals surface area contributed by atoms with Gasteiger partial charge < -0.3 is 15.5 Å². The molecule has 0 spiro atoms. The Hall–Kier alpha value is -2.10. The molecule has 128 valence electrons. The molecule has 2 atom stereocenters. The van der Waals surface area contributed by atoms with Crippen LogP contribution in [0.15, 0.2) is 24.3 Å². The molecule has 1 fully saturated rings. The van der Waals surface area contributed by atoms with E-state index >= 15 is 0 Å². The summed E-state index contributed by atoms with van der Waals surface area (Å²) >= 11 is 6.00. The average molecular weight is 350 g/mol. The normalized spacial score (nSPS) is 17.2. The third-order valence-corrected chi connectivity index (χ3v) is 4.43. The highest BCUT2D eigenvalue weighted by Crippen LogP contribution is 2.39. The zero-order valence-corrected chi connectivity index (χ0v) is 14.6. The number of halogens is 1.